The van der Waals surface area contributed by atoms with E-state index < -0.39 is 27.3 Å². The van der Waals surface area contributed by atoms with Gasteiger partial charge in [0.15, 0.2) is 0 Å². The fraction of sp³-hybridized carbons (Fsp3) is 0.417. The molecule has 0 saturated carbocycles. The molecule has 3 N–H and O–H groups in total. The number of benzene rings is 1. The number of nitrogens with one attached hydrogen (secondary N) is 1. The lowest BCUT2D eigenvalue weighted by atomic mass is 10.1. The second kappa shape index (κ2) is 6.69. The molecule has 0 heterocycles. The van der Waals surface area contributed by atoms with Crippen LogP contribution in [0.15, 0.2) is 17.0 Å². The molecule has 0 aliphatic carbocycles. The topological polar surface area (TPSA) is 113 Å². The summed E-state index contributed by atoms with van der Waals surface area (Å²) < 4.78 is 31.3. The Morgan fingerprint density at radius 2 is 2.05 bits per heavy atom. The van der Waals surface area contributed by atoms with E-state index in [2.05, 4.69) is 4.72 Å². The first-order chi connectivity index (χ1) is 9.29. The third-order valence-electron chi connectivity index (χ3n) is 2.63. The summed E-state index contributed by atoms with van der Waals surface area (Å²) in [6.07, 6.45) is 0.499. The van der Waals surface area contributed by atoms with Crippen molar-refractivity contribution < 1.29 is 28.2 Å². The second-order valence-corrected chi connectivity index (χ2v) is 5.92. The van der Waals surface area contributed by atoms with Crippen molar-refractivity contribution in [2.24, 2.45) is 0 Å². The quantitative estimate of drug-likeness (QED) is 0.639. The van der Waals surface area contributed by atoms with Crippen molar-refractivity contribution in [3.63, 3.8) is 0 Å². The Bertz CT molecular complexity index is 596. The van der Waals surface area contributed by atoms with Crippen LogP contribution in [0.25, 0.3) is 0 Å². The van der Waals surface area contributed by atoms with E-state index in [0.717, 1.165) is 12.1 Å². The van der Waals surface area contributed by atoms with Crippen molar-refractivity contribution in [2.45, 2.75) is 18.2 Å². The Balaban J connectivity index is 3.05. The number of methoxy groups -OCH3 is 1. The minimum Gasteiger partial charge on any atom is -0.507 e. The first kappa shape index (κ1) is 16.4. The maximum atomic E-state index is 12.1. The molecule has 0 spiro atoms. The average molecular weight is 303 g/mol. The van der Waals surface area contributed by atoms with E-state index in [1.165, 1.54) is 14.0 Å². The average Bonchev–Trinajstić information content (AvgIpc) is 2.33. The fourth-order valence-corrected chi connectivity index (χ4v) is 2.96. The Morgan fingerprint density at radius 3 is 2.60 bits per heavy atom. The molecule has 7 nitrogen and oxygen atoms in total. The molecule has 0 unspecified atom stereocenters. The number of carbonyl (C=O) groups is 1. The van der Waals surface area contributed by atoms with Gasteiger partial charge < -0.3 is 14.9 Å². The zero-order valence-electron chi connectivity index (χ0n) is 11.2. The third kappa shape index (κ3) is 3.92. The van der Waals surface area contributed by atoms with Gasteiger partial charge in [-0.1, -0.05) is 0 Å². The molecule has 1 aromatic rings. The highest BCUT2D eigenvalue weighted by molar-refractivity contribution is 7.89. The standard InChI is InChI=1S/C12H17NO6S/c1-8-6-10(14)9(12(15)16)7-11(8)20(17,18)13-4-3-5-19-2/h6-7,13-14H,3-5H2,1-2H3,(H,15,16). The number of hydrogen-bond donors (Lipinski definition) is 3. The number of carboxylic acids is 1. The van der Waals surface area contributed by atoms with Crippen LogP contribution in [0, 0.1) is 6.92 Å². The SMILES string of the molecule is COCCCNS(=O)(=O)c1cc(C(=O)O)c(O)cc1C. The van der Waals surface area contributed by atoms with E-state index in [9.17, 15) is 18.3 Å². The van der Waals surface area contributed by atoms with Crippen LogP contribution >= 0.6 is 0 Å². The normalized spacial score (nSPS) is 11.5. The molecular weight excluding hydrogens is 286 g/mol. The zero-order chi connectivity index (χ0) is 15.3. The largest absolute Gasteiger partial charge is 0.507 e. The molecule has 20 heavy (non-hydrogen) atoms. The molecule has 0 aromatic heterocycles. The van der Waals surface area contributed by atoms with Gasteiger partial charge >= 0.3 is 5.97 Å². The van der Waals surface area contributed by atoms with Gasteiger partial charge in [-0.25, -0.2) is 17.9 Å². The van der Waals surface area contributed by atoms with Gasteiger partial charge in [0.1, 0.15) is 11.3 Å². The number of aromatic hydroxyl groups is 1. The number of phenols is 1. The molecular formula is C12H17NO6S. The fourth-order valence-electron chi connectivity index (χ4n) is 1.63. The molecule has 1 aromatic carbocycles. The summed E-state index contributed by atoms with van der Waals surface area (Å²) in [6, 6.07) is 2.07. The summed E-state index contributed by atoms with van der Waals surface area (Å²) in [6.45, 7) is 2.07. The molecule has 0 radical (unpaired) electrons. The summed E-state index contributed by atoms with van der Waals surface area (Å²) in [7, 11) is -2.31. The number of aryl methyl sites for hydroxylation is 1. The summed E-state index contributed by atoms with van der Waals surface area (Å²) in [5.41, 5.74) is -0.181. The van der Waals surface area contributed by atoms with Gasteiger partial charge in [0.05, 0.1) is 4.90 Å². The van der Waals surface area contributed by atoms with Crippen molar-refractivity contribution >= 4 is 16.0 Å². The first-order valence-electron chi connectivity index (χ1n) is 5.85. The summed E-state index contributed by atoms with van der Waals surface area (Å²) in [4.78, 5) is 10.8. The molecule has 0 amide bonds. The minimum atomic E-state index is -3.82. The highest BCUT2D eigenvalue weighted by Crippen LogP contribution is 2.25. The molecule has 8 heteroatoms. The molecule has 0 aliphatic heterocycles. The van der Waals surface area contributed by atoms with E-state index >= 15 is 0 Å². The van der Waals surface area contributed by atoms with Crippen LogP contribution in [-0.2, 0) is 14.8 Å². The zero-order valence-corrected chi connectivity index (χ0v) is 12.0. The van der Waals surface area contributed by atoms with Crippen LogP contribution in [0.1, 0.15) is 22.3 Å². The van der Waals surface area contributed by atoms with Crippen LogP contribution in [-0.4, -0.2) is 44.9 Å². The van der Waals surface area contributed by atoms with Gasteiger partial charge in [-0.3, -0.25) is 0 Å². The number of hydrogen-bond acceptors (Lipinski definition) is 5. The van der Waals surface area contributed by atoms with Crippen molar-refractivity contribution in [2.75, 3.05) is 20.3 Å². The molecule has 0 atom stereocenters. The molecule has 112 valence electrons. The van der Waals surface area contributed by atoms with Crippen LogP contribution in [0.2, 0.25) is 0 Å². The molecule has 0 fully saturated rings. The van der Waals surface area contributed by atoms with E-state index in [4.69, 9.17) is 9.84 Å². The van der Waals surface area contributed by atoms with Crippen molar-refractivity contribution in [3.05, 3.63) is 23.3 Å². The van der Waals surface area contributed by atoms with Crippen molar-refractivity contribution in [1.82, 2.24) is 4.72 Å². The Hall–Kier alpha value is -1.64. The predicted molar refractivity (Wildman–Crippen MR) is 71.5 cm³/mol. The smallest absolute Gasteiger partial charge is 0.339 e. The number of rotatable bonds is 7. The van der Waals surface area contributed by atoms with Gasteiger partial charge in [0, 0.05) is 20.3 Å². The summed E-state index contributed by atoms with van der Waals surface area (Å²) in [5, 5.41) is 18.4. The van der Waals surface area contributed by atoms with Gasteiger partial charge in [0.25, 0.3) is 0 Å². The van der Waals surface area contributed by atoms with Crippen LogP contribution in [0.4, 0.5) is 0 Å². The second-order valence-electron chi connectivity index (χ2n) is 4.18. The monoisotopic (exact) mass is 303 g/mol. The van der Waals surface area contributed by atoms with Gasteiger partial charge in [-0.15, -0.1) is 0 Å². The third-order valence-corrected chi connectivity index (χ3v) is 4.23. The van der Waals surface area contributed by atoms with Crippen LogP contribution in [0.3, 0.4) is 0 Å². The number of sulfonamides is 1. The van der Waals surface area contributed by atoms with Crippen molar-refractivity contribution in [3.8, 4) is 5.75 Å². The lowest BCUT2D eigenvalue weighted by Gasteiger charge is -2.11. The van der Waals surface area contributed by atoms with E-state index in [1.54, 1.807) is 0 Å². The maximum Gasteiger partial charge on any atom is 0.339 e. The predicted octanol–water partition coefficient (Wildman–Crippen LogP) is 0.714. The number of ether oxygens (including phenoxy) is 1. The molecule has 0 aliphatic rings. The number of aromatic carboxylic acids is 1. The molecule has 0 bridgehead atoms. The van der Waals surface area contributed by atoms with Crippen LogP contribution in [0.5, 0.6) is 5.75 Å². The number of carboxylic acid groups (broad SMARTS) is 1. The van der Waals surface area contributed by atoms with E-state index in [0.29, 0.717) is 13.0 Å². The minimum absolute atomic E-state index is 0.162. The molecule has 1 rings (SSSR count). The Morgan fingerprint density at radius 1 is 1.40 bits per heavy atom. The maximum absolute atomic E-state index is 12.1. The summed E-state index contributed by atoms with van der Waals surface area (Å²) in [5.74, 6) is -1.85. The van der Waals surface area contributed by atoms with Crippen molar-refractivity contribution in [1.29, 1.82) is 0 Å². The van der Waals surface area contributed by atoms with Gasteiger partial charge in [-0.2, -0.15) is 0 Å². The lowest BCUT2D eigenvalue weighted by molar-refractivity contribution is 0.0693. The van der Waals surface area contributed by atoms with Gasteiger partial charge in [-0.05, 0) is 31.0 Å². The lowest BCUT2D eigenvalue weighted by Crippen LogP contribution is -2.26. The van der Waals surface area contributed by atoms with E-state index in [1.807, 2.05) is 0 Å². The Kier molecular flexibility index (Phi) is 5.49. The van der Waals surface area contributed by atoms with Gasteiger partial charge in [0.2, 0.25) is 10.0 Å². The summed E-state index contributed by atoms with van der Waals surface area (Å²) >= 11 is 0. The molecule has 0 saturated heterocycles. The Labute approximate surface area is 117 Å². The van der Waals surface area contributed by atoms with E-state index in [-0.39, 0.29) is 17.0 Å². The highest BCUT2D eigenvalue weighted by Gasteiger charge is 2.21. The highest BCUT2D eigenvalue weighted by atomic mass is 32.2. The first-order valence-corrected chi connectivity index (χ1v) is 7.33. The van der Waals surface area contributed by atoms with Crippen LogP contribution < -0.4 is 4.72 Å².